The molecule has 0 spiro atoms. The van der Waals surface area contributed by atoms with E-state index in [4.69, 9.17) is 0 Å². The van der Waals surface area contributed by atoms with Gasteiger partial charge in [0, 0.05) is 13.1 Å². The molecule has 0 aliphatic heterocycles. The third kappa shape index (κ3) is 3.79. The third-order valence-electron chi connectivity index (χ3n) is 3.76. The van der Waals surface area contributed by atoms with Crippen LogP contribution >= 0.6 is 0 Å². The van der Waals surface area contributed by atoms with Crippen LogP contribution in [0.2, 0.25) is 0 Å². The van der Waals surface area contributed by atoms with Gasteiger partial charge in [-0.15, -0.1) is 0 Å². The van der Waals surface area contributed by atoms with Crippen LogP contribution in [0.3, 0.4) is 0 Å². The van der Waals surface area contributed by atoms with Gasteiger partial charge >= 0.3 is 0 Å². The summed E-state index contributed by atoms with van der Waals surface area (Å²) in [7, 11) is 0. The van der Waals surface area contributed by atoms with Gasteiger partial charge in [0.05, 0.1) is 11.7 Å². The largest absolute Gasteiger partial charge is 0.389 e. The second-order valence-electron chi connectivity index (χ2n) is 5.60. The Morgan fingerprint density at radius 2 is 1.85 bits per heavy atom. The normalized spacial score (nSPS) is 16.0. The molecule has 108 valence electrons. The number of benzene rings is 2. The molecule has 2 aromatic carbocycles. The quantitative estimate of drug-likeness (QED) is 0.758. The number of hydrogen-bond acceptors (Lipinski definition) is 3. The number of aliphatic hydroxyl groups is 2. The van der Waals surface area contributed by atoms with Gasteiger partial charge in [0.1, 0.15) is 0 Å². The summed E-state index contributed by atoms with van der Waals surface area (Å²) in [6.07, 6.45) is 0.124. The van der Waals surface area contributed by atoms with Gasteiger partial charge in [-0.05, 0) is 35.7 Å². The minimum absolute atomic E-state index is 0.439. The van der Waals surface area contributed by atoms with Crippen LogP contribution in [0, 0.1) is 0 Å². The summed E-state index contributed by atoms with van der Waals surface area (Å²) in [6.45, 7) is 4.66. The lowest BCUT2D eigenvalue weighted by Crippen LogP contribution is -2.38. The summed E-state index contributed by atoms with van der Waals surface area (Å²) in [5, 5.41) is 25.5. The highest BCUT2D eigenvalue weighted by molar-refractivity contribution is 5.83. The Hall–Kier alpha value is -1.42. The van der Waals surface area contributed by atoms with Gasteiger partial charge in [-0.3, -0.25) is 0 Å². The zero-order valence-corrected chi connectivity index (χ0v) is 12.1. The van der Waals surface area contributed by atoms with Gasteiger partial charge in [-0.2, -0.15) is 0 Å². The maximum absolute atomic E-state index is 10.2. The van der Waals surface area contributed by atoms with Crippen molar-refractivity contribution in [1.29, 1.82) is 0 Å². The summed E-state index contributed by atoms with van der Waals surface area (Å²) in [5.74, 6) is 0. The standard InChI is InChI=1S/C17H23NO2/c1-3-17(2,20)12-18-11-16(19)15-9-8-13-6-4-5-7-14(13)10-15/h4-10,16,18-20H,3,11-12H2,1-2H3. The monoisotopic (exact) mass is 273 g/mol. The molecule has 2 rings (SSSR count). The molecule has 0 saturated carbocycles. The van der Waals surface area contributed by atoms with Crippen molar-refractivity contribution in [1.82, 2.24) is 5.32 Å². The van der Waals surface area contributed by atoms with Crippen LogP contribution < -0.4 is 5.32 Å². The molecule has 3 heteroatoms. The zero-order valence-electron chi connectivity index (χ0n) is 12.1. The van der Waals surface area contributed by atoms with Crippen LogP contribution in [0.25, 0.3) is 10.8 Å². The molecule has 0 aromatic heterocycles. The average Bonchev–Trinajstić information content (AvgIpc) is 2.46. The van der Waals surface area contributed by atoms with Crippen LogP contribution in [-0.2, 0) is 0 Å². The minimum Gasteiger partial charge on any atom is -0.389 e. The molecule has 2 unspecified atom stereocenters. The fourth-order valence-corrected chi connectivity index (χ4v) is 2.14. The van der Waals surface area contributed by atoms with Crippen molar-refractivity contribution in [3.05, 3.63) is 48.0 Å². The summed E-state index contributed by atoms with van der Waals surface area (Å²) < 4.78 is 0. The lowest BCUT2D eigenvalue weighted by atomic mass is 10.0. The first-order valence-electron chi connectivity index (χ1n) is 7.12. The Labute approximate surface area is 120 Å². The van der Waals surface area contributed by atoms with Gasteiger partial charge in [0.25, 0.3) is 0 Å². The first kappa shape index (κ1) is 15.0. The van der Waals surface area contributed by atoms with Crippen LogP contribution in [-0.4, -0.2) is 28.9 Å². The number of hydrogen-bond donors (Lipinski definition) is 3. The molecule has 0 heterocycles. The van der Waals surface area contributed by atoms with E-state index in [2.05, 4.69) is 11.4 Å². The fraction of sp³-hybridized carbons (Fsp3) is 0.412. The molecule has 2 aromatic rings. The molecular weight excluding hydrogens is 250 g/mol. The van der Waals surface area contributed by atoms with Crippen molar-refractivity contribution in [2.45, 2.75) is 32.0 Å². The van der Waals surface area contributed by atoms with Gasteiger partial charge in [0.2, 0.25) is 0 Å². The van der Waals surface area contributed by atoms with Crippen molar-refractivity contribution in [3.8, 4) is 0 Å². The molecule has 0 saturated heterocycles. The maximum atomic E-state index is 10.2. The predicted octanol–water partition coefficient (Wildman–Crippen LogP) is 2.62. The van der Waals surface area contributed by atoms with Crippen molar-refractivity contribution in [3.63, 3.8) is 0 Å². The van der Waals surface area contributed by atoms with E-state index in [1.54, 1.807) is 6.92 Å². The summed E-state index contributed by atoms with van der Waals surface area (Å²) in [4.78, 5) is 0. The maximum Gasteiger partial charge on any atom is 0.0914 e. The van der Waals surface area contributed by atoms with Crippen LogP contribution in [0.5, 0.6) is 0 Å². The SMILES string of the molecule is CCC(C)(O)CNCC(O)c1ccc2ccccc2c1. The Kier molecular flexibility index (Phi) is 4.76. The average molecular weight is 273 g/mol. The summed E-state index contributed by atoms with van der Waals surface area (Å²) in [6, 6.07) is 14.1. The minimum atomic E-state index is -0.719. The van der Waals surface area contributed by atoms with E-state index in [0.717, 1.165) is 10.9 Å². The topological polar surface area (TPSA) is 52.5 Å². The summed E-state index contributed by atoms with van der Waals surface area (Å²) >= 11 is 0. The predicted molar refractivity (Wildman–Crippen MR) is 82.7 cm³/mol. The number of fused-ring (bicyclic) bond motifs is 1. The molecule has 3 N–H and O–H groups in total. The van der Waals surface area contributed by atoms with E-state index in [1.807, 2.05) is 43.3 Å². The number of aliphatic hydroxyl groups excluding tert-OH is 1. The van der Waals surface area contributed by atoms with Gasteiger partial charge in [0.15, 0.2) is 0 Å². The molecule has 0 bridgehead atoms. The Bertz CT molecular complexity index is 566. The molecule has 0 aliphatic rings. The molecule has 0 amide bonds. The third-order valence-corrected chi connectivity index (χ3v) is 3.76. The lowest BCUT2D eigenvalue weighted by molar-refractivity contribution is 0.0516. The van der Waals surface area contributed by atoms with Crippen molar-refractivity contribution in [2.75, 3.05) is 13.1 Å². The van der Waals surface area contributed by atoms with Gasteiger partial charge < -0.3 is 15.5 Å². The highest BCUT2D eigenvalue weighted by atomic mass is 16.3. The molecule has 0 aliphatic carbocycles. The number of rotatable bonds is 6. The first-order chi connectivity index (χ1) is 9.52. The Morgan fingerprint density at radius 3 is 2.55 bits per heavy atom. The van der Waals surface area contributed by atoms with Gasteiger partial charge in [-0.25, -0.2) is 0 Å². The van der Waals surface area contributed by atoms with E-state index in [0.29, 0.717) is 19.5 Å². The Balaban J connectivity index is 1.99. The fourth-order valence-electron chi connectivity index (χ4n) is 2.14. The van der Waals surface area contributed by atoms with E-state index in [9.17, 15) is 10.2 Å². The van der Waals surface area contributed by atoms with E-state index in [-0.39, 0.29) is 0 Å². The van der Waals surface area contributed by atoms with Gasteiger partial charge in [-0.1, -0.05) is 43.3 Å². The Morgan fingerprint density at radius 1 is 1.15 bits per heavy atom. The van der Waals surface area contributed by atoms with Crippen molar-refractivity contribution < 1.29 is 10.2 Å². The molecule has 20 heavy (non-hydrogen) atoms. The van der Waals surface area contributed by atoms with E-state index in [1.165, 1.54) is 5.39 Å². The highest BCUT2D eigenvalue weighted by Crippen LogP contribution is 2.20. The smallest absolute Gasteiger partial charge is 0.0914 e. The second kappa shape index (κ2) is 6.35. The molecule has 2 atom stereocenters. The van der Waals surface area contributed by atoms with Crippen LogP contribution in [0.15, 0.2) is 42.5 Å². The van der Waals surface area contributed by atoms with Crippen LogP contribution in [0.4, 0.5) is 0 Å². The molecule has 0 radical (unpaired) electrons. The first-order valence-corrected chi connectivity index (χ1v) is 7.12. The second-order valence-corrected chi connectivity index (χ2v) is 5.60. The van der Waals surface area contributed by atoms with E-state index < -0.39 is 11.7 Å². The van der Waals surface area contributed by atoms with Crippen LogP contribution in [0.1, 0.15) is 31.9 Å². The molecular formula is C17H23NO2. The molecule has 3 nitrogen and oxygen atoms in total. The highest BCUT2D eigenvalue weighted by Gasteiger charge is 2.17. The van der Waals surface area contributed by atoms with Crippen molar-refractivity contribution >= 4 is 10.8 Å². The van der Waals surface area contributed by atoms with Crippen molar-refractivity contribution in [2.24, 2.45) is 0 Å². The van der Waals surface area contributed by atoms with E-state index >= 15 is 0 Å². The summed E-state index contributed by atoms with van der Waals surface area (Å²) in [5.41, 5.74) is 0.177. The lowest BCUT2D eigenvalue weighted by Gasteiger charge is -2.22. The molecule has 0 fully saturated rings. The zero-order chi connectivity index (χ0) is 14.6. The number of nitrogens with one attached hydrogen (secondary N) is 1.